The van der Waals surface area contributed by atoms with Gasteiger partial charge in [-0.3, -0.25) is 14.4 Å². The monoisotopic (exact) mass is 393 g/mol. The highest BCUT2D eigenvalue weighted by molar-refractivity contribution is 5.95. The molecule has 9 heteroatoms. The fourth-order valence-corrected chi connectivity index (χ4v) is 2.45. The van der Waals surface area contributed by atoms with Crippen LogP contribution in [0.2, 0.25) is 0 Å². The Bertz CT molecular complexity index is 901. The molecule has 2 N–H and O–H groups in total. The predicted octanol–water partition coefficient (Wildman–Crippen LogP) is 3.44. The minimum absolute atomic E-state index is 0.203. The number of hydrogen-bond donors (Lipinski definition) is 2. The van der Waals surface area contributed by atoms with Crippen molar-refractivity contribution in [2.24, 2.45) is 0 Å². The van der Waals surface area contributed by atoms with E-state index >= 15 is 0 Å². The van der Waals surface area contributed by atoms with Crippen molar-refractivity contribution in [1.82, 2.24) is 0 Å². The SMILES string of the molecule is CC(=O)Nc1ccc(NC(=O)CCN(C(C)=O)c2ccc(F)c(F)c2F)cc1. The Balaban J connectivity index is 2.02. The van der Waals surface area contributed by atoms with Gasteiger partial charge in [0.05, 0.1) is 5.69 Å². The lowest BCUT2D eigenvalue weighted by Gasteiger charge is -2.21. The quantitative estimate of drug-likeness (QED) is 0.738. The number of nitrogens with zero attached hydrogens (tertiary/aromatic N) is 1. The Morgan fingerprint density at radius 2 is 1.43 bits per heavy atom. The van der Waals surface area contributed by atoms with Gasteiger partial charge < -0.3 is 15.5 Å². The molecule has 2 aromatic rings. The molecule has 0 aliphatic rings. The minimum atomic E-state index is -1.69. The zero-order valence-corrected chi connectivity index (χ0v) is 15.2. The van der Waals surface area contributed by atoms with Crippen LogP contribution in [0.4, 0.5) is 30.2 Å². The Morgan fingerprint density at radius 1 is 0.857 bits per heavy atom. The van der Waals surface area contributed by atoms with E-state index in [-0.39, 0.29) is 18.9 Å². The zero-order chi connectivity index (χ0) is 20.8. The summed E-state index contributed by atoms with van der Waals surface area (Å²) in [4.78, 5) is 35.7. The van der Waals surface area contributed by atoms with E-state index in [1.807, 2.05) is 0 Å². The van der Waals surface area contributed by atoms with Gasteiger partial charge in [0.15, 0.2) is 17.5 Å². The average molecular weight is 393 g/mol. The average Bonchev–Trinajstić information content (AvgIpc) is 2.62. The van der Waals surface area contributed by atoms with Gasteiger partial charge in [0.25, 0.3) is 0 Å². The van der Waals surface area contributed by atoms with E-state index in [9.17, 15) is 27.6 Å². The molecule has 0 aromatic heterocycles. The Hall–Kier alpha value is -3.36. The van der Waals surface area contributed by atoms with E-state index in [0.29, 0.717) is 17.4 Å². The van der Waals surface area contributed by atoms with Crippen LogP contribution in [0.5, 0.6) is 0 Å². The second-order valence-corrected chi connectivity index (χ2v) is 5.92. The smallest absolute Gasteiger partial charge is 0.226 e. The number of nitrogens with one attached hydrogen (secondary N) is 2. The first-order valence-corrected chi connectivity index (χ1v) is 8.28. The van der Waals surface area contributed by atoms with Gasteiger partial charge in [0, 0.05) is 38.2 Å². The lowest BCUT2D eigenvalue weighted by molar-refractivity contribution is -0.117. The van der Waals surface area contributed by atoms with Gasteiger partial charge in [0.2, 0.25) is 17.7 Å². The van der Waals surface area contributed by atoms with Crippen molar-refractivity contribution in [2.45, 2.75) is 20.3 Å². The van der Waals surface area contributed by atoms with Crippen molar-refractivity contribution < 1.29 is 27.6 Å². The molecule has 0 aliphatic carbocycles. The lowest BCUT2D eigenvalue weighted by Crippen LogP contribution is -2.33. The molecule has 6 nitrogen and oxygen atoms in total. The van der Waals surface area contributed by atoms with Gasteiger partial charge in [-0.05, 0) is 36.4 Å². The third kappa shape index (κ3) is 5.32. The van der Waals surface area contributed by atoms with Crippen LogP contribution in [-0.2, 0) is 14.4 Å². The second kappa shape index (κ2) is 9.03. The van der Waals surface area contributed by atoms with E-state index in [2.05, 4.69) is 10.6 Å². The molecule has 0 bridgehead atoms. The van der Waals surface area contributed by atoms with E-state index in [1.54, 1.807) is 24.3 Å². The number of carbonyl (C=O) groups is 3. The van der Waals surface area contributed by atoms with Crippen LogP contribution in [0.25, 0.3) is 0 Å². The fraction of sp³-hybridized carbons (Fsp3) is 0.211. The fourth-order valence-electron chi connectivity index (χ4n) is 2.45. The number of anilines is 3. The van der Waals surface area contributed by atoms with Gasteiger partial charge in [-0.15, -0.1) is 0 Å². The van der Waals surface area contributed by atoms with Crippen LogP contribution >= 0.6 is 0 Å². The summed E-state index contributed by atoms with van der Waals surface area (Å²) in [6.07, 6.45) is -0.203. The second-order valence-electron chi connectivity index (χ2n) is 5.92. The number of rotatable bonds is 6. The molecule has 2 aromatic carbocycles. The molecule has 3 amide bonds. The normalized spacial score (nSPS) is 10.3. The molecule has 0 saturated heterocycles. The molecule has 0 atom stereocenters. The van der Waals surface area contributed by atoms with E-state index in [0.717, 1.165) is 17.9 Å². The van der Waals surface area contributed by atoms with Crippen molar-refractivity contribution in [2.75, 3.05) is 22.1 Å². The highest BCUT2D eigenvalue weighted by Gasteiger charge is 2.21. The van der Waals surface area contributed by atoms with Crippen molar-refractivity contribution in [3.8, 4) is 0 Å². The molecule has 28 heavy (non-hydrogen) atoms. The molecule has 0 heterocycles. The highest BCUT2D eigenvalue weighted by atomic mass is 19.2. The summed E-state index contributed by atoms with van der Waals surface area (Å²) < 4.78 is 40.4. The number of hydrogen-bond acceptors (Lipinski definition) is 3. The van der Waals surface area contributed by atoms with Crippen molar-refractivity contribution in [3.05, 3.63) is 53.8 Å². The first-order chi connectivity index (χ1) is 13.2. The van der Waals surface area contributed by atoms with E-state index in [1.165, 1.54) is 6.92 Å². The Kier molecular flexibility index (Phi) is 6.75. The van der Waals surface area contributed by atoms with Gasteiger partial charge in [-0.1, -0.05) is 0 Å². The number of benzene rings is 2. The maximum atomic E-state index is 13.9. The summed E-state index contributed by atoms with van der Waals surface area (Å²) in [5.74, 6) is -5.88. The first-order valence-electron chi connectivity index (χ1n) is 8.28. The molecular formula is C19H18F3N3O3. The molecule has 0 saturated carbocycles. The van der Waals surface area contributed by atoms with Gasteiger partial charge in [-0.2, -0.15) is 0 Å². The van der Waals surface area contributed by atoms with Crippen LogP contribution in [0, 0.1) is 17.5 Å². The molecule has 2 rings (SSSR count). The van der Waals surface area contributed by atoms with Crippen molar-refractivity contribution in [3.63, 3.8) is 0 Å². The third-order valence-electron chi connectivity index (χ3n) is 3.74. The van der Waals surface area contributed by atoms with Gasteiger partial charge >= 0.3 is 0 Å². The molecule has 0 radical (unpaired) electrons. The van der Waals surface area contributed by atoms with E-state index < -0.39 is 35.0 Å². The van der Waals surface area contributed by atoms with Gasteiger partial charge in [0.1, 0.15) is 0 Å². The standard InChI is InChI=1S/C19H18F3N3O3/c1-11(26)23-13-3-5-14(6-4-13)24-17(28)9-10-25(12(2)27)16-8-7-15(20)18(21)19(16)22/h3-8H,9-10H2,1-2H3,(H,23,26)(H,24,28). The summed E-state index contributed by atoms with van der Waals surface area (Å²) in [5, 5.41) is 5.17. The molecule has 148 valence electrons. The molecular weight excluding hydrogens is 375 g/mol. The Labute approximate surface area is 159 Å². The summed E-state index contributed by atoms with van der Waals surface area (Å²) in [6.45, 7) is 2.26. The topological polar surface area (TPSA) is 78.5 Å². The van der Waals surface area contributed by atoms with Crippen LogP contribution in [0.1, 0.15) is 20.3 Å². The Morgan fingerprint density at radius 3 is 1.96 bits per heavy atom. The number of halogens is 3. The van der Waals surface area contributed by atoms with Crippen molar-refractivity contribution >= 4 is 34.8 Å². The number of amides is 3. The first kappa shape index (κ1) is 20.9. The summed E-state index contributed by atoms with van der Waals surface area (Å²) >= 11 is 0. The lowest BCUT2D eigenvalue weighted by atomic mass is 10.2. The minimum Gasteiger partial charge on any atom is -0.326 e. The molecule has 0 spiro atoms. The highest BCUT2D eigenvalue weighted by Crippen LogP contribution is 2.24. The van der Waals surface area contributed by atoms with Gasteiger partial charge in [-0.25, -0.2) is 13.2 Å². The van der Waals surface area contributed by atoms with Crippen LogP contribution in [0.3, 0.4) is 0 Å². The summed E-state index contributed by atoms with van der Waals surface area (Å²) in [6, 6.07) is 7.97. The zero-order valence-electron chi connectivity index (χ0n) is 15.2. The maximum Gasteiger partial charge on any atom is 0.226 e. The van der Waals surface area contributed by atoms with Crippen molar-refractivity contribution in [1.29, 1.82) is 0 Å². The van der Waals surface area contributed by atoms with Crippen LogP contribution in [0.15, 0.2) is 36.4 Å². The third-order valence-corrected chi connectivity index (χ3v) is 3.74. The molecule has 0 unspecified atom stereocenters. The molecule has 0 aliphatic heterocycles. The molecule has 0 fully saturated rings. The largest absolute Gasteiger partial charge is 0.326 e. The maximum absolute atomic E-state index is 13.9. The predicted molar refractivity (Wildman–Crippen MR) is 98.3 cm³/mol. The van der Waals surface area contributed by atoms with Crippen LogP contribution < -0.4 is 15.5 Å². The summed E-state index contributed by atoms with van der Waals surface area (Å²) in [5.41, 5.74) is 0.563. The number of carbonyl (C=O) groups excluding carboxylic acids is 3. The van der Waals surface area contributed by atoms with E-state index in [4.69, 9.17) is 0 Å². The summed E-state index contributed by atoms with van der Waals surface area (Å²) in [7, 11) is 0. The van der Waals surface area contributed by atoms with Crippen LogP contribution in [-0.4, -0.2) is 24.3 Å².